The minimum absolute atomic E-state index is 0. The van der Waals surface area contributed by atoms with E-state index in [2.05, 4.69) is 12.1 Å². The van der Waals surface area contributed by atoms with Crippen molar-refractivity contribution >= 4 is 5.91 Å². The van der Waals surface area contributed by atoms with E-state index in [1.807, 2.05) is 18.2 Å². The highest BCUT2D eigenvalue weighted by Gasteiger charge is 2.51. The summed E-state index contributed by atoms with van der Waals surface area (Å²) in [6, 6.07) is 14.9. The molecule has 47 heavy (non-hydrogen) atoms. The third-order valence-electron chi connectivity index (χ3n) is 10.3. The first-order chi connectivity index (χ1) is 21.6. The highest BCUT2D eigenvalue weighted by molar-refractivity contribution is 5.78. The average molecular weight is 689 g/mol. The number of piperidine rings is 3. The summed E-state index contributed by atoms with van der Waals surface area (Å²) in [5.74, 6) is -2.86. The number of ether oxygens (including phenoxy) is 1. The number of morpholine rings is 1. The smallest absolute Gasteiger partial charge is 0.416 e. The number of quaternary nitrogens is 1. The predicted molar refractivity (Wildman–Crippen MR) is 152 cm³/mol. The van der Waals surface area contributed by atoms with Gasteiger partial charge in [-0.05, 0) is 47.0 Å². The molecule has 4 saturated heterocycles. The van der Waals surface area contributed by atoms with Crippen molar-refractivity contribution < 1.29 is 61.5 Å². The Bertz CT molecular complexity index is 1560. The molecule has 1 unspecified atom stereocenters. The first-order valence-corrected chi connectivity index (χ1v) is 15.2. The number of hydrogen-bond donors (Lipinski definition) is 0. The molecule has 2 bridgehead atoms. The van der Waals surface area contributed by atoms with E-state index >= 15 is 0 Å². The maximum atomic E-state index is 14.6. The van der Waals surface area contributed by atoms with E-state index in [0.29, 0.717) is 18.7 Å². The fourth-order valence-corrected chi connectivity index (χ4v) is 7.50. The number of benzene rings is 3. The Balaban J connectivity index is 0.00000433. The molecule has 4 heterocycles. The first kappa shape index (κ1) is 35.1. The van der Waals surface area contributed by atoms with E-state index in [9.17, 15) is 39.9 Å². The lowest BCUT2D eigenvalue weighted by Gasteiger charge is -2.56. The summed E-state index contributed by atoms with van der Waals surface area (Å²) in [6.07, 6.45) is -6.91. The Labute approximate surface area is 273 Å². The summed E-state index contributed by atoms with van der Waals surface area (Å²) in [7, 11) is 0. The SMILES string of the molecule is O=C1COC(CC[N+]23CCC(c4ccccc4)(CC2)CC3)(c2ccc(F)c(F)c2)CN1Cc1cc(C(F)(F)F)cc(C(F)(F)F)c1.[Cl-]. The molecule has 1 amide bonds. The number of amides is 1. The van der Waals surface area contributed by atoms with Gasteiger partial charge in [0.2, 0.25) is 5.91 Å². The van der Waals surface area contributed by atoms with E-state index in [-0.39, 0.29) is 48.0 Å². The number of hydrogen-bond acceptors (Lipinski definition) is 2. The zero-order valence-corrected chi connectivity index (χ0v) is 26.0. The minimum atomic E-state index is -5.05. The summed E-state index contributed by atoms with van der Waals surface area (Å²) in [5.41, 5.74) is -3.03. The second-order valence-corrected chi connectivity index (χ2v) is 13.0. The molecule has 1 atom stereocenters. The summed E-state index contributed by atoms with van der Waals surface area (Å²) < 4.78 is 117. The Kier molecular flexibility index (Phi) is 9.46. The van der Waals surface area contributed by atoms with Crippen molar-refractivity contribution in [3.05, 3.63) is 106 Å². The molecule has 0 saturated carbocycles. The summed E-state index contributed by atoms with van der Waals surface area (Å²) in [6.45, 7) is 1.89. The van der Waals surface area contributed by atoms with Crippen LogP contribution in [0.4, 0.5) is 35.1 Å². The maximum Gasteiger partial charge on any atom is 0.416 e. The normalized spacial score (nSPS) is 26.3. The molecule has 4 fully saturated rings. The predicted octanol–water partition coefficient (Wildman–Crippen LogP) is 4.60. The number of carbonyl (C=O) groups excluding carboxylic acids is 1. The van der Waals surface area contributed by atoms with Crippen molar-refractivity contribution in [2.75, 3.05) is 39.3 Å². The fourth-order valence-electron chi connectivity index (χ4n) is 7.50. The van der Waals surface area contributed by atoms with Gasteiger partial charge in [0.1, 0.15) is 12.2 Å². The molecule has 254 valence electrons. The van der Waals surface area contributed by atoms with E-state index in [1.54, 1.807) is 0 Å². The van der Waals surface area contributed by atoms with Crippen molar-refractivity contribution in [2.24, 2.45) is 0 Å². The molecule has 4 aliphatic rings. The standard InChI is InChI=1S/C34H33F8N2O2.ClH/c35-28-7-6-25(19-29(28)36)32(11-15-44-12-8-31(9-13-44,10-14-44)24-4-2-1-3-5-24)22-43(30(45)21-46-32)20-23-16-26(33(37,38)39)18-27(17-23)34(40,41)42;/h1-7,16-19H,8-15,20-22H2;1H/q+1;/p-1. The lowest BCUT2D eigenvalue weighted by molar-refractivity contribution is -0.944. The van der Waals surface area contributed by atoms with Crippen molar-refractivity contribution in [1.29, 1.82) is 0 Å². The molecule has 0 radical (unpaired) electrons. The van der Waals surface area contributed by atoms with Crippen LogP contribution in [0, 0.1) is 11.6 Å². The van der Waals surface area contributed by atoms with Crippen LogP contribution in [-0.2, 0) is 39.4 Å². The summed E-state index contributed by atoms with van der Waals surface area (Å²) >= 11 is 0. The van der Waals surface area contributed by atoms with Gasteiger partial charge in [-0.1, -0.05) is 36.4 Å². The zero-order valence-electron chi connectivity index (χ0n) is 25.2. The summed E-state index contributed by atoms with van der Waals surface area (Å²) in [4.78, 5) is 14.2. The molecule has 3 aromatic rings. The fraction of sp³-hybridized carbons (Fsp3) is 0.441. The van der Waals surface area contributed by atoms with Crippen LogP contribution in [-0.4, -0.2) is 54.6 Å². The van der Waals surface area contributed by atoms with Crippen LogP contribution in [0.25, 0.3) is 0 Å². The molecular weight excluding hydrogens is 656 g/mol. The van der Waals surface area contributed by atoms with Crippen LogP contribution in [0.5, 0.6) is 0 Å². The number of rotatable bonds is 7. The summed E-state index contributed by atoms with van der Waals surface area (Å²) in [5, 5.41) is 0. The lowest BCUT2D eigenvalue weighted by Crippen LogP contribution is -3.00. The molecule has 0 aromatic heterocycles. The number of halogens is 9. The van der Waals surface area contributed by atoms with Gasteiger partial charge in [-0.2, -0.15) is 26.3 Å². The van der Waals surface area contributed by atoms with Gasteiger partial charge in [0.25, 0.3) is 0 Å². The minimum Gasteiger partial charge on any atom is -1.00 e. The average Bonchev–Trinajstić information content (AvgIpc) is 3.03. The van der Waals surface area contributed by atoms with Crippen LogP contribution >= 0.6 is 0 Å². The zero-order chi connectivity index (χ0) is 33.0. The molecule has 4 nitrogen and oxygen atoms in total. The Morgan fingerprint density at radius 2 is 1.36 bits per heavy atom. The van der Waals surface area contributed by atoms with Crippen molar-refractivity contribution in [2.45, 2.75) is 55.6 Å². The third-order valence-corrected chi connectivity index (χ3v) is 10.3. The third kappa shape index (κ3) is 7.00. The van der Waals surface area contributed by atoms with Crippen LogP contribution in [0.2, 0.25) is 0 Å². The topological polar surface area (TPSA) is 29.5 Å². The van der Waals surface area contributed by atoms with Gasteiger partial charge in [-0.15, -0.1) is 0 Å². The number of alkyl halides is 6. The highest BCUT2D eigenvalue weighted by atomic mass is 35.5. The van der Waals surface area contributed by atoms with Gasteiger partial charge in [-0.3, -0.25) is 4.79 Å². The molecule has 0 spiro atoms. The Morgan fingerprint density at radius 3 is 1.91 bits per heavy atom. The van der Waals surface area contributed by atoms with Gasteiger partial charge in [0.15, 0.2) is 11.6 Å². The molecule has 3 aromatic carbocycles. The monoisotopic (exact) mass is 688 g/mol. The highest BCUT2D eigenvalue weighted by Crippen LogP contribution is 2.47. The number of nitrogens with zero attached hydrogens (tertiary/aromatic N) is 2. The van der Waals surface area contributed by atoms with Crippen molar-refractivity contribution in [3.8, 4) is 0 Å². The van der Waals surface area contributed by atoms with Gasteiger partial charge >= 0.3 is 12.4 Å². The second kappa shape index (κ2) is 12.7. The van der Waals surface area contributed by atoms with Crippen LogP contribution in [0.1, 0.15) is 53.5 Å². The van der Waals surface area contributed by atoms with E-state index < -0.39 is 59.8 Å². The van der Waals surface area contributed by atoms with Crippen LogP contribution < -0.4 is 12.4 Å². The molecule has 7 rings (SSSR count). The number of fused-ring (bicyclic) bond motifs is 3. The van der Waals surface area contributed by atoms with E-state index in [0.717, 1.165) is 60.4 Å². The van der Waals surface area contributed by atoms with Crippen LogP contribution in [0.3, 0.4) is 0 Å². The maximum absolute atomic E-state index is 14.6. The number of carbonyl (C=O) groups is 1. The molecule has 0 aliphatic carbocycles. The molecule has 0 N–H and O–H groups in total. The van der Waals surface area contributed by atoms with Gasteiger partial charge in [0.05, 0.1) is 43.9 Å². The molecular formula is C34H33ClF8N2O2. The van der Waals surface area contributed by atoms with Crippen molar-refractivity contribution in [3.63, 3.8) is 0 Å². The quantitative estimate of drug-likeness (QED) is 0.269. The molecule has 13 heteroatoms. The van der Waals surface area contributed by atoms with Gasteiger partial charge in [0, 0.05) is 37.6 Å². The first-order valence-electron chi connectivity index (χ1n) is 15.2. The lowest BCUT2D eigenvalue weighted by atomic mass is 9.66. The van der Waals surface area contributed by atoms with Crippen LogP contribution in [0.15, 0.2) is 66.7 Å². The van der Waals surface area contributed by atoms with Gasteiger partial charge in [-0.25, -0.2) is 8.78 Å². The van der Waals surface area contributed by atoms with Gasteiger partial charge < -0.3 is 26.5 Å². The van der Waals surface area contributed by atoms with Crippen molar-refractivity contribution in [1.82, 2.24) is 4.90 Å². The molecule has 4 aliphatic heterocycles. The Hall–Kier alpha value is -3.22. The van der Waals surface area contributed by atoms with E-state index in [4.69, 9.17) is 4.74 Å². The van der Waals surface area contributed by atoms with E-state index in [1.165, 1.54) is 11.6 Å². The second-order valence-electron chi connectivity index (χ2n) is 13.0. The largest absolute Gasteiger partial charge is 1.00 e. The Morgan fingerprint density at radius 1 is 0.766 bits per heavy atom.